The number of likely N-dealkylation sites (N-methyl/N-ethyl adjacent to an activating group) is 1. The molecule has 4 bridgehead atoms. The van der Waals surface area contributed by atoms with Gasteiger partial charge in [0.2, 0.25) is 5.91 Å². The Hall–Kier alpha value is -3.07. The minimum Gasteiger partial charge on any atom is -0.459 e. The van der Waals surface area contributed by atoms with Crippen molar-refractivity contribution in [2.75, 3.05) is 20.1 Å². The topological polar surface area (TPSA) is 85.2 Å². The number of benzene rings is 1. The summed E-state index contributed by atoms with van der Waals surface area (Å²) in [5.41, 5.74) is 2.68. The smallest absolute Gasteiger partial charge is 0.317 e. The molecule has 1 N–H and O–H groups in total. The lowest BCUT2D eigenvalue weighted by Gasteiger charge is -2.27. The number of carbonyl (C=O) groups is 1. The van der Waals surface area contributed by atoms with E-state index >= 15 is 0 Å². The number of hydrogen-bond donors (Lipinski definition) is 1. The molecule has 2 aliphatic rings. The van der Waals surface area contributed by atoms with Gasteiger partial charge in [0.05, 0.1) is 22.8 Å². The summed E-state index contributed by atoms with van der Waals surface area (Å²) in [4.78, 5) is 28.5. The van der Waals surface area contributed by atoms with E-state index in [4.69, 9.17) is 4.74 Å². The third-order valence-corrected chi connectivity index (χ3v) is 6.61. The van der Waals surface area contributed by atoms with Crippen LogP contribution < -0.4 is 10.1 Å². The molecule has 1 saturated heterocycles. The maximum Gasteiger partial charge on any atom is 0.317 e. The zero-order valence-electron chi connectivity index (χ0n) is 19.2. The van der Waals surface area contributed by atoms with Crippen molar-refractivity contribution in [2.45, 2.75) is 51.8 Å². The van der Waals surface area contributed by atoms with Crippen LogP contribution in [0.15, 0.2) is 24.4 Å². The number of ether oxygens (including phenoxy) is 1. The zero-order chi connectivity index (χ0) is 23.1. The number of rotatable bonds is 2. The number of aryl methyl sites for hydroxylation is 1. The third-order valence-electron chi connectivity index (χ3n) is 6.61. The lowest BCUT2D eigenvalue weighted by Crippen LogP contribution is -2.43. The fraction of sp³-hybridized carbons (Fsp3) is 0.500. The van der Waals surface area contributed by atoms with Crippen molar-refractivity contribution in [1.82, 2.24) is 29.7 Å². The first-order valence-electron chi connectivity index (χ1n) is 11.6. The maximum atomic E-state index is 14.6. The normalized spacial score (nSPS) is 23.3. The van der Waals surface area contributed by atoms with E-state index in [-0.39, 0.29) is 35.8 Å². The SMILES string of the molecule is CCCC1CN(C)C(=O)C2CC(CN2)Oc2nccc(n2)-c2cc(F)cc3nc(C)n(c23)C1. The van der Waals surface area contributed by atoms with Gasteiger partial charge in [0.25, 0.3) is 0 Å². The van der Waals surface area contributed by atoms with Crippen LogP contribution >= 0.6 is 0 Å². The van der Waals surface area contributed by atoms with Gasteiger partial charge < -0.3 is 19.5 Å². The monoisotopic (exact) mass is 452 g/mol. The lowest BCUT2D eigenvalue weighted by molar-refractivity contribution is -0.132. The van der Waals surface area contributed by atoms with Crippen LogP contribution in [0.1, 0.15) is 32.0 Å². The summed E-state index contributed by atoms with van der Waals surface area (Å²) in [5.74, 6) is 0.751. The Kier molecular flexibility index (Phi) is 5.74. The van der Waals surface area contributed by atoms with E-state index < -0.39 is 0 Å². The standard InChI is InChI=1S/C24H29FN6O2/c1-4-5-15-12-30(3)23(32)21-10-17(11-27-21)33-24-26-7-6-19(29-24)18-8-16(25)9-20-22(18)31(13-15)14(2)28-20/h6-9,15,17,21,27H,4-5,10-13H2,1-3H3. The van der Waals surface area contributed by atoms with Gasteiger partial charge in [-0.15, -0.1) is 0 Å². The average molecular weight is 453 g/mol. The van der Waals surface area contributed by atoms with E-state index in [1.165, 1.54) is 12.1 Å². The second kappa shape index (κ2) is 8.70. The number of nitrogens with zero attached hydrogens (tertiary/aromatic N) is 5. The first-order chi connectivity index (χ1) is 15.9. The molecule has 2 aliphatic heterocycles. The number of halogens is 1. The van der Waals surface area contributed by atoms with E-state index in [1.54, 1.807) is 12.3 Å². The highest BCUT2D eigenvalue weighted by Crippen LogP contribution is 2.32. The van der Waals surface area contributed by atoms with Crippen LogP contribution in [-0.2, 0) is 11.3 Å². The van der Waals surface area contributed by atoms with Gasteiger partial charge in [-0.1, -0.05) is 13.3 Å². The van der Waals surface area contributed by atoms with Gasteiger partial charge in [-0.2, -0.15) is 4.98 Å². The number of hydrogen-bond acceptors (Lipinski definition) is 6. The molecular formula is C24H29FN6O2. The van der Waals surface area contributed by atoms with Gasteiger partial charge in [-0.25, -0.2) is 14.4 Å². The number of carbonyl (C=O) groups excluding carboxylic acids is 1. The van der Waals surface area contributed by atoms with E-state index in [0.29, 0.717) is 42.8 Å². The average Bonchev–Trinajstić information content (AvgIpc) is 3.36. The molecule has 0 spiro atoms. The molecule has 4 heterocycles. The Morgan fingerprint density at radius 1 is 1.27 bits per heavy atom. The summed E-state index contributed by atoms with van der Waals surface area (Å²) in [6.07, 6.45) is 3.95. The molecule has 0 saturated carbocycles. The van der Waals surface area contributed by atoms with Crippen molar-refractivity contribution >= 4 is 16.9 Å². The van der Waals surface area contributed by atoms with Crippen molar-refractivity contribution < 1.29 is 13.9 Å². The Morgan fingerprint density at radius 3 is 2.94 bits per heavy atom. The van der Waals surface area contributed by atoms with Crippen molar-refractivity contribution in [3.8, 4) is 17.3 Å². The summed E-state index contributed by atoms with van der Waals surface area (Å²) < 4.78 is 22.7. The molecule has 1 amide bonds. The Labute approximate surface area is 192 Å². The lowest BCUT2D eigenvalue weighted by atomic mass is 10.0. The molecule has 3 aromatic rings. The van der Waals surface area contributed by atoms with Crippen molar-refractivity contribution in [3.63, 3.8) is 0 Å². The van der Waals surface area contributed by atoms with Gasteiger partial charge in [0, 0.05) is 50.9 Å². The minimum atomic E-state index is -0.362. The third kappa shape index (κ3) is 4.17. The summed E-state index contributed by atoms with van der Waals surface area (Å²) >= 11 is 0. The number of fused-ring (bicyclic) bond motifs is 5. The van der Waals surface area contributed by atoms with Crippen molar-refractivity contribution in [3.05, 3.63) is 36.0 Å². The molecule has 33 heavy (non-hydrogen) atoms. The summed E-state index contributed by atoms with van der Waals surface area (Å²) in [7, 11) is 1.87. The highest BCUT2D eigenvalue weighted by molar-refractivity contribution is 5.91. The summed E-state index contributed by atoms with van der Waals surface area (Å²) in [5, 5.41) is 3.28. The van der Waals surface area contributed by atoms with E-state index in [2.05, 4.69) is 31.8 Å². The molecule has 1 fully saturated rings. The second-order valence-corrected chi connectivity index (χ2v) is 9.13. The molecule has 5 rings (SSSR count). The molecule has 174 valence electrons. The van der Waals surface area contributed by atoms with Gasteiger partial charge >= 0.3 is 6.01 Å². The Balaban J connectivity index is 1.67. The van der Waals surface area contributed by atoms with Crippen molar-refractivity contribution in [1.29, 1.82) is 0 Å². The molecule has 3 atom stereocenters. The van der Waals surface area contributed by atoms with E-state index in [9.17, 15) is 9.18 Å². The van der Waals surface area contributed by atoms with Crippen molar-refractivity contribution in [2.24, 2.45) is 5.92 Å². The van der Waals surface area contributed by atoms with Crippen LogP contribution in [0, 0.1) is 18.7 Å². The van der Waals surface area contributed by atoms with Gasteiger partial charge in [-0.3, -0.25) is 4.79 Å². The van der Waals surface area contributed by atoms with Crippen LogP contribution in [0.25, 0.3) is 22.3 Å². The van der Waals surface area contributed by atoms with Crippen LogP contribution in [0.5, 0.6) is 6.01 Å². The molecule has 1 aromatic carbocycles. The Bertz CT molecular complexity index is 1200. The molecular weight excluding hydrogens is 423 g/mol. The minimum absolute atomic E-state index is 0.0710. The molecule has 0 radical (unpaired) electrons. The summed E-state index contributed by atoms with van der Waals surface area (Å²) in [6, 6.07) is 4.66. The first-order valence-corrected chi connectivity index (χ1v) is 11.6. The number of aromatic nitrogens is 4. The number of amides is 1. The van der Waals surface area contributed by atoms with E-state index in [0.717, 1.165) is 24.2 Å². The highest BCUT2D eigenvalue weighted by atomic mass is 19.1. The van der Waals surface area contributed by atoms with Crippen LogP contribution in [-0.4, -0.2) is 62.6 Å². The van der Waals surface area contributed by atoms with E-state index in [1.807, 2.05) is 18.9 Å². The molecule has 9 heteroatoms. The van der Waals surface area contributed by atoms with Crippen LogP contribution in [0.4, 0.5) is 4.39 Å². The second-order valence-electron chi connectivity index (χ2n) is 9.13. The molecule has 0 aliphatic carbocycles. The largest absolute Gasteiger partial charge is 0.459 e. The maximum absolute atomic E-state index is 14.6. The van der Waals surface area contributed by atoms with Gasteiger partial charge in [-0.05, 0) is 31.4 Å². The zero-order valence-corrected chi connectivity index (χ0v) is 19.2. The Morgan fingerprint density at radius 2 is 2.12 bits per heavy atom. The molecule has 2 aromatic heterocycles. The van der Waals surface area contributed by atoms with Gasteiger partial charge in [0.15, 0.2) is 0 Å². The number of imidazole rings is 1. The van der Waals surface area contributed by atoms with Crippen LogP contribution in [0.2, 0.25) is 0 Å². The number of nitrogens with one attached hydrogen (secondary N) is 1. The first kappa shape index (κ1) is 21.8. The van der Waals surface area contributed by atoms with Gasteiger partial charge in [0.1, 0.15) is 17.7 Å². The highest BCUT2D eigenvalue weighted by Gasteiger charge is 2.34. The predicted molar refractivity (Wildman–Crippen MR) is 122 cm³/mol. The molecule has 8 nitrogen and oxygen atoms in total. The predicted octanol–water partition coefficient (Wildman–Crippen LogP) is 2.94. The quantitative estimate of drug-likeness (QED) is 0.644. The summed E-state index contributed by atoms with van der Waals surface area (Å²) in [6.45, 7) is 5.96. The fourth-order valence-corrected chi connectivity index (χ4v) is 5.10. The molecule has 3 unspecified atom stereocenters. The fourth-order valence-electron chi connectivity index (χ4n) is 5.10. The van der Waals surface area contributed by atoms with Crippen LogP contribution in [0.3, 0.4) is 0 Å².